The monoisotopic (exact) mass is 666 g/mol. The van der Waals surface area contributed by atoms with Crippen molar-refractivity contribution in [3.63, 3.8) is 0 Å². The number of thiophene rings is 1. The minimum absolute atomic E-state index is 0.908. The van der Waals surface area contributed by atoms with Crippen LogP contribution in [-0.4, -0.2) is 19.9 Å². The molecule has 0 aliphatic heterocycles. The fraction of sp³-hybridized carbons (Fsp3) is 0. The van der Waals surface area contributed by atoms with Gasteiger partial charge in [-0.05, 0) is 53.1 Å². The lowest BCUT2D eigenvalue weighted by atomic mass is 9.91. The summed E-state index contributed by atoms with van der Waals surface area (Å²) in [6, 6.07) is 49.7. The summed E-state index contributed by atoms with van der Waals surface area (Å²) in [7, 11) is 0. The van der Waals surface area contributed by atoms with Crippen molar-refractivity contribution in [1.29, 1.82) is 0 Å². The molecule has 236 valence electrons. The molecule has 5 heteroatoms. The number of pyridine rings is 4. The van der Waals surface area contributed by atoms with E-state index in [9.17, 15) is 0 Å². The maximum Gasteiger partial charge on any atom is 0.0970 e. The summed E-state index contributed by atoms with van der Waals surface area (Å²) in [5, 5.41) is 9.48. The van der Waals surface area contributed by atoms with Gasteiger partial charge in [0.05, 0.1) is 27.8 Å². The van der Waals surface area contributed by atoms with Crippen molar-refractivity contribution in [3.05, 3.63) is 158 Å². The Balaban J connectivity index is 1.07. The van der Waals surface area contributed by atoms with E-state index >= 15 is 0 Å². The van der Waals surface area contributed by atoms with Crippen LogP contribution in [-0.2, 0) is 0 Å². The van der Waals surface area contributed by atoms with E-state index in [2.05, 4.69) is 126 Å². The third kappa shape index (κ3) is 4.25. The lowest BCUT2D eigenvalue weighted by molar-refractivity contribution is 1.37. The predicted octanol–water partition coefficient (Wildman–Crippen LogP) is 12.4. The molecule has 11 aromatic rings. The summed E-state index contributed by atoms with van der Waals surface area (Å²) >= 11 is 1.87. The normalized spacial score (nSPS) is 11.9. The van der Waals surface area contributed by atoms with Gasteiger partial charge in [-0.2, -0.15) is 0 Å². The zero-order valence-corrected chi connectivity index (χ0v) is 28.0. The predicted molar refractivity (Wildman–Crippen MR) is 214 cm³/mol. The van der Waals surface area contributed by atoms with Crippen LogP contribution in [0.25, 0.3) is 108 Å². The van der Waals surface area contributed by atoms with Gasteiger partial charge in [-0.3, -0.25) is 15.0 Å². The first-order chi connectivity index (χ1) is 25.3. The summed E-state index contributed by atoms with van der Waals surface area (Å²) in [6.07, 6.45) is 5.56. The van der Waals surface area contributed by atoms with Crippen molar-refractivity contribution in [3.8, 4) is 33.5 Å². The molecule has 0 aliphatic carbocycles. The first kappa shape index (κ1) is 28.3. The highest BCUT2D eigenvalue weighted by Crippen LogP contribution is 2.44. The standard InChI is InChI=1S/C46H26N4S/c1-3-13-39-36(10-1)41-37(22-21-35-32-9-2-4-14-40(32)51-46(35)41)42(50-39)28-17-15-27(16-18-28)30-19-20-31(33-11-6-24-48-44(30)33)38-26-29-8-5-23-47-43(29)45-34(38)12-7-25-49-45/h1-26H. The molecule has 0 N–H and O–H groups in total. The van der Waals surface area contributed by atoms with Crippen molar-refractivity contribution in [2.75, 3.05) is 0 Å². The van der Waals surface area contributed by atoms with E-state index in [-0.39, 0.29) is 0 Å². The summed E-state index contributed by atoms with van der Waals surface area (Å²) in [5.41, 5.74) is 10.3. The van der Waals surface area contributed by atoms with E-state index in [0.717, 1.165) is 71.7 Å². The molecule has 0 fully saturated rings. The van der Waals surface area contributed by atoms with Gasteiger partial charge in [0.2, 0.25) is 0 Å². The Morgan fingerprint density at radius 3 is 1.92 bits per heavy atom. The van der Waals surface area contributed by atoms with E-state index in [1.165, 1.54) is 36.3 Å². The Hall–Kier alpha value is -6.56. The van der Waals surface area contributed by atoms with Gasteiger partial charge in [0.25, 0.3) is 0 Å². The highest BCUT2D eigenvalue weighted by atomic mass is 32.1. The molecule has 0 amide bonds. The van der Waals surface area contributed by atoms with E-state index in [4.69, 9.17) is 15.0 Å². The Morgan fingerprint density at radius 1 is 0.412 bits per heavy atom. The SMILES string of the molecule is c1cnc2c(c1)cc(-c1ccc(-c3ccc(-c4nc5ccccc5c5c4ccc4c6ccccc6sc45)cc3)c3ncccc13)c1cccnc12. The van der Waals surface area contributed by atoms with Crippen LogP contribution >= 0.6 is 11.3 Å². The molecule has 5 aromatic heterocycles. The summed E-state index contributed by atoms with van der Waals surface area (Å²) in [5.74, 6) is 0. The second-order valence-electron chi connectivity index (χ2n) is 13.0. The molecule has 0 aliphatic rings. The fourth-order valence-electron chi connectivity index (χ4n) is 7.88. The number of para-hydroxylation sites is 1. The minimum Gasteiger partial charge on any atom is -0.256 e. The van der Waals surface area contributed by atoms with Crippen LogP contribution in [0.4, 0.5) is 0 Å². The number of aromatic nitrogens is 4. The maximum atomic E-state index is 5.26. The van der Waals surface area contributed by atoms with E-state index < -0.39 is 0 Å². The molecule has 6 aromatic carbocycles. The van der Waals surface area contributed by atoms with Crippen LogP contribution in [0.15, 0.2) is 158 Å². The van der Waals surface area contributed by atoms with E-state index in [1.54, 1.807) is 0 Å². The second kappa shape index (κ2) is 11.0. The van der Waals surface area contributed by atoms with Gasteiger partial charge < -0.3 is 0 Å². The van der Waals surface area contributed by atoms with Crippen molar-refractivity contribution < 1.29 is 0 Å². The molecule has 51 heavy (non-hydrogen) atoms. The van der Waals surface area contributed by atoms with Gasteiger partial charge in [0, 0.05) is 82.2 Å². The Bertz CT molecular complexity index is 3200. The molecular weight excluding hydrogens is 641 g/mol. The van der Waals surface area contributed by atoms with E-state index in [1.807, 2.05) is 48.1 Å². The van der Waals surface area contributed by atoms with Crippen LogP contribution in [0, 0.1) is 0 Å². The number of nitrogens with zero attached hydrogens (tertiary/aromatic N) is 4. The second-order valence-corrected chi connectivity index (χ2v) is 14.0. The third-order valence-electron chi connectivity index (χ3n) is 10.2. The average molecular weight is 667 g/mol. The number of fused-ring (bicyclic) bond motifs is 11. The van der Waals surface area contributed by atoms with Crippen LogP contribution in [0.5, 0.6) is 0 Å². The fourth-order valence-corrected chi connectivity index (χ4v) is 9.15. The van der Waals surface area contributed by atoms with Crippen molar-refractivity contribution >= 4 is 85.9 Å². The summed E-state index contributed by atoms with van der Waals surface area (Å²) in [4.78, 5) is 19.6. The van der Waals surface area contributed by atoms with Crippen LogP contribution in [0.2, 0.25) is 0 Å². The first-order valence-electron chi connectivity index (χ1n) is 17.0. The van der Waals surface area contributed by atoms with Crippen molar-refractivity contribution in [1.82, 2.24) is 19.9 Å². The van der Waals surface area contributed by atoms with Gasteiger partial charge in [0.1, 0.15) is 0 Å². The lowest BCUT2D eigenvalue weighted by Crippen LogP contribution is -1.92. The van der Waals surface area contributed by atoms with Crippen LogP contribution in [0.1, 0.15) is 0 Å². The molecule has 0 bridgehead atoms. The minimum atomic E-state index is 0.908. The van der Waals surface area contributed by atoms with Gasteiger partial charge >= 0.3 is 0 Å². The van der Waals surface area contributed by atoms with Gasteiger partial charge in [-0.15, -0.1) is 11.3 Å². The zero-order chi connectivity index (χ0) is 33.5. The smallest absolute Gasteiger partial charge is 0.0970 e. The molecule has 11 rings (SSSR count). The third-order valence-corrected chi connectivity index (χ3v) is 11.4. The Labute approximate surface area is 296 Å². The highest BCUT2D eigenvalue weighted by Gasteiger charge is 2.18. The van der Waals surface area contributed by atoms with Crippen molar-refractivity contribution in [2.45, 2.75) is 0 Å². The van der Waals surface area contributed by atoms with Crippen molar-refractivity contribution in [2.24, 2.45) is 0 Å². The quantitative estimate of drug-likeness (QED) is 0.176. The average Bonchev–Trinajstić information content (AvgIpc) is 3.59. The van der Waals surface area contributed by atoms with E-state index in [0.29, 0.717) is 0 Å². The van der Waals surface area contributed by atoms with Gasteiger partial charge in [-0.1, -0.05) is 103 Å². The molecule has 0 saturated heterocycles. The Kier molecular flexibility index (Phi) is 6.09. The molecule has 0 saturated carbocycles. The van der Waals surface area contributed by atoms with Gasteiger partial charge in [0.15, 0.2) is 0 Å². The van der Waals surface area contributed by atoms with Gasteiger partial charge in [-0.25, -0.2) is 4.98 Å². The molecule has 4 nitrogen and oxygen atoms in total. The molecule has 5 heterocycles. The zero-order valence-electron chi connectivity index (χ0n) is 27.2. The summed E-state index contributed by atoms with van der Waals surface area (Å²) in [6.45, 7) is 0. The molecule has 0 radical (unpaired) electrons. The van der Waals surface area contributed by atoms with Crippen LogP contribution in [0.3, 0.4) is 0 Å². The number of hydrogen-bond donors (Lipinski definition) is 0. The highest BCUT2D eigenvalue weighted by molar-refractivity contribution is 7.26. The number of benzene rings is 6. The van der Waals surface area contributed by atoms with Crippen LogP contribution < -0.4 is 0 Å². The largest absolute Gasteiger partial charge is 0.256 e. The molecule has 0 unspecified atom stereocenters. The summed E-state index contributed by atoms with van der Waals surface area (Å²) < 4.78 is 2.62. The topological polar surface area (TPSA) is 51.6 Å². The molecule has 0 spiro atoms. The number of rotatable bonds is 3. The molecular formula is C46H26N4S. The molecule has 0 atom stereocenters. The lowest BCUT2D eigenvalue weighted by Gasteiger charge is -2.15. The Morgan fingerprint density at radius 2 is 1.06 bits per heavy atom. The first-order valence-corrected chi connectivity index (χ1v) is 17.9. The number of hydrogen-bond acceptors (Lipinski definition) is 5. The maximum absolute atomic E-state index is 5.26.